The lowest BCUT2D eigenvalue weighted by Crippen LogP contribution is -2.13. The van der Waals surface area contributed by atoms with Crippen molar-refractivity contribution in [2.24, 2.45) is 10.2 Å². The van der Waals surface area contributed by atoms with Crippen molar-refractivity contribution in [1.29, 1.82) is 0 Å². The van der Waals surface area contributed by atoms with Crippen LogP contribution in [-0.2, 0) is 4.79 Å². The standard InChI is InChI=1S/C16H12N4O4/c1-9-2-4-13-12(6-9)15(16(22)18-13)19-17-8-10-7-11(20(23)24)3-5-14(10)21/h2-8,21H,1H3,(H,18,19,22)/b17-8-. The van der Waals surface area contributed by atoms with Crippen LogP contribution in [0.1, 0.15) is 16.7 Å². The Kier molecular flexibility index (Phi) is 3.78. The van der Waals surface area contributed by atoms with Crippen LogP contribution in [0.3, 0.4) is 0 Å². The molecule has 0 radical (unpaired) electrons. The molecule has 2 aromatic carbocycles. The van der Waals surface area contributed by atoms with Gasteiger partial charge in [0.2, 0.25) is 0 Å². The van der Waals surface area contributed by atoms with E-state index in [9.17, 15) is 20.0 Å². The topological polar surface area (TPSA) is 117 Å². The summed E-state index contributed by atoms with van der Waals surface area (Å²) in [6.07, 6.45) is 1.16. The zero-order valence-electron chi connectivity index (χ0n) is 12.6. The summed E-state index contributed by atoms with van der Waals surface area (Å²) >= 11 is 0. The van der Waals surface area contributed by atoms with Gasteiger partial charge in [0.05, 0.1) is 16.8 Å². The molecule has 1 heterocycles. The van der Waals surface area contributed by atoms with Gasteiger partial charge in [-0.2, -0.15) is 5.10 Å². The van der Waals surface area contributed by atoms with Crippen molar-refractivity contribution in [3.8, 4) is 5.75 Å². The molecule has 24 heavy (non-hydrogen) atoms. The van der Waals surface area contributed by atoms with E-state index in [0.29, 0.717) is 11.3 Å². The molecule has 2 N–H and O–H groups in total. The van der Waals surface area contributed by atoms with Crippen molar-refractivity contribution < 1.29 is 14.8 Å². The van der Waals surface area contributed by atoms with Gasteiger partial charge in [0, 0.05) is 23.3 Å². The van der Waals surface area contributed by atoms with E-state index in [1.165, 1.54) is 18.2 Å². The second-order valence-corrected chi connectivity index (χ2v) is 5.20. The largest absolute Gasteiger partial charge is 0.507 e. The number of nitro groups is 1. The number of benzene rings is 2. The molecule has 2 aromatic rings. The molecule has 120 valence electrons. The summed E-state index contributed by atoms with van der Waals surface area (Å²) in [7, 11) is 0. The van der Waals surface area contributed by atoms with E-state index in [1.54, 1.807) is 6.07 Å². The lowest BCUT2D eigenvalue weighted by molar-refractivity contribution is -0.384. The predicted molar refractivity (Wildman–Crippen MR) is 88.7 cm³/mol. The van der Waals surface area contributed by atoms with Crippen LogP contribution in [-0.4, -0.2) is 27.9 Å². The van der Waals surface area contributed by atoms with Crippen LogP contribution in [0.15, 0.2) is 46.6 Å². The number of aryl methyl sites for hydroxylation is 1. The fourth-order valence-electron chi connectivity index (χ4n) is 2.27. The Morgan fingerprint density at radius 3 is 2.79 bits per heavy atom. The maximum Gasteiger partial charge on any atom is 0.276 e. The minimum atomic E-state index is -0.577. The number of nitrogens with zero attached hydrogens (tertiary/aromatic N) is 3. The summed E-state index contributed by atoms with van der Waals surface area (Å²) in [6.45, 7) is 1.89. The first-order valence-electron chi connectivity index (χ1n) is 6.96. The van der Waals surface area contributed by atoms with Gasteiger partial charge in [0.25, 0.3) is 11.6 Å². The molecule has 0 aromatic heterocycles. The van der Waals surface area contributed by atoms with Gasteiger partial charge in [-0.1, -0.05) is 11.6 Å². The van der Waals surface area contributed by atoms with E-state index in [1.807, 2.05) is 19.1 Å². The van der Waals surface area contributed by atoms with Gasteiger partial charge in [-0.25, -0.2) is 0 Å². The molecule has 0 unspecified atom stereocenters. The Morgan fingerprint density at radius 1 is 1.25 bits per heavy atom. The average Bonchev–Trinajstić information content (AvgIpc) is 2.84. The number of rotatable bonds is 3. The molecule has 0 saturated carbocycles. The first kappa shape index (κ1) is 15.3. The molecule has 1 aliphatic heterocycles. The van der Waals surface area contributed by atoms with Crippen molar-refractivity contribution in [2.45, 2.75) is 6.92 Å². The zero-order chi connectivity index (χ0) is 17.3. The van der Waals surface area contributed by atoms with E-state index in [2.05, 4.69) is 15.5 Å². The van der Waals surface area contributed by atoms with Crippen LogP contribution in [0.2, 0.25) is 0 Å². The summed E-state index contributed by atoms with van der Waals surface area (Å²) in [5, 5.41) is 30.8. The van der Waals surface area contributed by atoms with E-state index in [4.69, 9.17) is 0 Å². The van der Waals surface area contributed by atoms with Crippen LogP contribution in [0.25, 0.3) is 0 Å². The first-order valence-corrected chi connectivity index (χ1v) is 6.96. The molecular formula is C16H12N4O4. The van der Waals surface area contributed by atoms with Crippen LogP contribution in [0, 0.1) is 17.0 Å². The Morgan fingerprint density at radius 2 is 2.04 bits per heavy atom. The van der Waals surface area contributed by atoms with Crippen molar-refractivity contribution in [2.75, 3.05) is 5.32 Å². The minimum absolute atomic E-state index is 0.136. The Labute approximate surface area is 136 Å². The molecular weight excluding hydrogens is 312 g/mol. The number of nitro benzene ring substituents is 1. The number of amides is 1. The monoisotopic (exact) mass is 324 g/mol. The van der Waals surface area contributed by atoms with E-state index >= 15 is 0 Å². The lowest BCUT2D eigenvalue weighted by Gasteiger charge is -1.98. The van der Waals surface area contributed by atoms with Gasteiger partial charge < -0.3 is 10.4 Å². The number of carbonyl (C=O) groups excluding carboxylic acids is 1. The van der Waals surface area contributed by atoms with Crippen LogP contribution < -0.4 is 5.32 Å². The molecule has 0 aliphatic carbocycles. The number of fused-ring (bicyclic) bond motifs is 1. The highest BCUT2D eigenvalue weighted by molar-refractivity contribution is 6.53. The number of hydrogen-bond acceptors (Lipinski definition) is 6. The van der Waals surface area contributed by atoms with Crippen LogP contribution in [0.4, 0.5) is 11.4 Å². The number of hydrogen-bond donors (Lipinski definition) is 2. The van der Waals surface area contributed by atoms with E-state index < -0.39 is 4.92 Å². The van der Waals surface area contributed by atoms with Gasteiger partial charge in [-0.3, -0.25) is 14.9 Å². The molecule has 0 fully saturated rings. The van der Waals surface area contributed by atoms with Crippen LogP contribution >= 0.6 is 0 Å². The molecule has 0 spiro atoms. The Hall–Kier alpha value is -3.55. The van der Waals surface area contributed by atoms with Gasteiger partial charge >= 0.3 is 0 Å². The second kappa shape index (κ2) is 5.92. The number of phenols is 1. The first-order chi connectivity index (χ1) is 11.5. The molecule has 1 aliphatic rings. The smallest absolute Gasteiger partial charge is 0.276 e. The maximum absolute atomic E-state index is 11.9. The van der Waals surface area contributed by atoms with E-state index in [-0.39, 0.29) is 28.6 Å². The molecule has 0 bridgehead atoms. The Bertz CT molecular complexity index is 918. The predicted octanol–water partition coefficient (Wildman–Crippen LogP) is 2.38. The third-order valence-electron chi connectivity index (χ3n) is 3.47. The van der Waals surface area contributed by atoms with Crippen molar-refractivity contribution in [1.82, 2.24) is 0 Å². The highest BCUT2D eigenvalue weighted by Gasteiger charge is 2.25. The summed E-state index contributed by atoms with van der Waals surface area (Å²) < 4.78 is 0. The number of non-ortho nitro benzene ring substituents is 1. The molecule has 8 heteroatoms. The lowest BCUT2D eigenvalue weighted by atomic mass is 10.1. The van der Waals surface area contributed by atoms with Gasteiger partial charge in [-0.05, 0) is 25.1 Å². The van der Waals surface area contributed by atoms with Crippen molar-refractivity contribution in [3.05, 3.63) is 63.2 Å². The minimum Gasteiger partial charge on any atom is -0.507 e. The molecule has 0 saturated heterocycles. The van der Waals surface area contributed by atoms with Crippen LogP contribution in [0.5, 0.6) is 5.75 Å². The van der Waals surface area contributed by atoms with Gasteiger partial charge in [-0.15, -0.1) is 5.10 Å². The summed E-state index contributed by atoms with van der Waals surface area (Å²) in [4.78, 5) is 22.1. The number of nitrogens with one attached hydrogen (secondary N) is 1. The zero-order valence-corrected chi connectivity index (χ0v) is 12.6. The quantitative estimate of drug-likeness (QED) is 0.512. The van der Waals surface area contributed by atoms with E-state index in [0.717, 1.165) is 11.8 Å². The average molecular weight is 324 g/mol. The molecule has 0 atom stereocenters. The number of phenolic OH excluding ortho intramolecular Hbond substituents is 1. The number of carbonyl (C=O) groups is 1. The maximum atomic E-state index is 11.9. The Balaban J connectivity index is 1.93. The summed E-state index contributed by atoms with van der Waals surface area (Å²) in [6, 6.07) is 9.02. The van der Waals surface area contributed by atoms with Crippen molar-refractivity contribution in [3.63, 3.8) is 0 Å². The normalized spacial score (nSPS) is 14.9. The molecule has 3 rings (SSSR count). The molecule has 1 amide bonds. The summed E-state index contributed by atoms with van der Waals surface area (Å²) in [5.41, 5.74) is 2.36. The van der Waals surface area contributed by atoms with Gasteiger partial charge in [0.1, 0.15) is 5.75 Å². The van der Waals surface area contributed by atoms with Crippen molar-refractivity contribution >= 4 is 29.2 Å². The number of anilines is 1. The van der Waals surface area contributed by atoms with Gasteiger partial charge in [0.15, 0.2) is 5.71 Å². The fraction of sp³-hybridized carbons (Fsp3) is 0.0625. The number of aromatic hydroxyl groups is 1. The molecule has 8 nitrogen and oxygen atoms in total. The fourth-order valence-corrected chi connectivity index (χ4v) is 2.27. The third-order valence-corrected chi connectivity index (χ3v) is 3.47. The highest BCUT2D eigenvalue weighted by atomic mass is 16.6. The highest BCUT2D eigenvalue weighted by Crippen LogP contribution is 2.25. The summed E-state index contributed by atoms with van der Waals surface area (Å²) in [5.74, 6) is -0.548. The SMILES string of the molecule is Cc1ccc2c(c1)/C(=N/N=C\c1cc([N+](=O)[O-])ccc1O)C(=O)N2. The third kappa shape index (κ3) is 2.84. The second-order valence-electron chi connectivity index (χ2n) is 5.20.